The van der Waals surface area contributed by atoms with E-state index >= 15 is 0 Å². The van der Waals surface area contributed by atoms with E-state index in [1.807, 2.05) is 13.8 Å². The average Bonchev–Trinajstić information content (AvgIpc) is 2.72. The lowest BCUT2D eigenvalue weighted by atomic mass is 9.79. The Hall–Kier alpha value is -0.260. The topological polar surface area (TPSA) is 58.6 Å². The highest BCUT2D eigenvalue weighted by molar-refractivity contribution is 8.01. The number of carbonyl (C=O) groups excluding carboxylic acids is 1. The molecule has 1 rings (SSSR count). The second-order valence-electron chi connectivity index (χ2n) is 7.02. The van der Waals surface area contributed by atoms with E-state index in [1.165, 1.54) is 0 Å². The van der Waals surface area contributed by atoms with E-state index in [0.717, 1.165) is 12.8 Å². The van der Waals surface area contributed by atoms with Gasteiger partial charge in [0.1, 0.15) is 6.04 Å². The van der Waals surface area contributed by atoms with E-state index in [1.54, 1.807) is 11.8 Å². The number of carbonyl (C=O) groups is 1. The van der Waals surface area contributed by atoms with Crippen molar-refractivity contribution in [3.63, 3.8) is 0 Å². The van der Waals surface area contributed by atoms with E-state index in [0.29, 0.717) is 24.2 Å². The standard InChI is InChI=1S/C16H31NO3S/c1-7-20-14(18)13-10-21-15(6,17-13)16(19,8-11(2)3)9-12(4)5/h11-13,17,19H,7-10H2,1-6H3/t13-,15?/m0/s1. The highest BCUT2D eigenvalue weighted by atomic mass is 32.2. The maximum Gasteiger partial charge on any atom is 0.324 e. The van der Waals surface area contributed by atoms with Gasteiger partial charge in [0, 0.05) is 5.75 Å². The summed E-state index contributed by atoms with van der Waals surface area (Å²) in [5, 5.41) is 14.6. The van der Waals surface area contributed by atoms with Gasteiger partial charge in [-0.15, -0.1) is 11.8 Å². The van der Waals surface area contributed by atoms with Crippen LogP contribution in [0.1, 0.15) is 54.4 Å². The Morgan fingerprint density at radius 3 is 2.33 bits per heavy atom. The average molecular weight is 317 g/mol. The molecule has 5 heteroatoms. The highest BCUT2D eigenvalue weighted by Gasteiger charge is 2.53. The molecule has 2 atom stereocenters. The second kappa shape index (κ2) is 7.34. The van der Waals surface area contributed by atoms with E-state index in [4.69, 9.17) is 4.74 Å². The van der Waals surface area contributed by atoms with Crippen LogP contribution < -0.4 is 5.32 Å². The number of ether oxygens (including phenoxy) is 1. The Morgan fingerprint density at radius 2 is 1.90 bits per heavy atom. The van der Waals surface area contributed by atoms with Crippen LogP contribution in [-0.2, 0) is 9.53 Å². The van der Waals surface area contributed by atoms with Crippen LogP contribution in [0.2, 0.25) is 0 Å². The molecule has 1 heterocycles. The zero-order valence-corrected chi connectivity index (χ0v) is 15.0. The first-order valence-corrected chi connectivity index (χ1v) is 8.92. The van der Waals surface area contributed by atoms with Crippen LogP contribution in [0.25, 0.3) is 0 Å². The van der Waals surface area contributed by atoms with Crippen molar-refractivity contribution in [3.8, 4) is 0 Å². The third kappa shape index (κ3) is 4.60. The number of rotatable bonds is 7. The van der Waals surface area contributed by atoms with Crippen molar-refractivity contribution in [3.05, 3.63) is 0 Å². The molecular weight excluding hydrogens is 286 g/mol. The highest BCUT2D eigenvalue weighted by Crippen LogP contribution is 2.45. The summed E-state index contributed by atoms with van der Waals surface area (Å²) < 4.78 is 5.10. The predicted octanol–water partition coefficient (Wildman–Crippen LogP) is 2.79. The monoisotopic (exact) mass is 317 g/mol. The Labute approximate surface area is 133 Å². The van der Waals surface area contributed by atoms with Gasteiger partial charge in [0.15, 0.2) is 0 Å². The molecule has 1 aliphatic heterocycles. The van der Waals surface area contributed by atoms with Gasteiger partial charge in [-0.1, -0.05) is 27.7 Å². The summed E-state index contributed by atoms with van der Waals surface area (Å²) in [6, 6.07) is -0.328. The molecule has 1 saturated heterocycles. The summed E-state index contributed by atoms with van der Waals surface area (Å²) in [6.07, 6.45) is 1.44. The Kier molecular flexibility index (Phi) is 6.56. The minimum absolute atomic E-state index is 0.217. The summed E-state index contributed by atoms with van der Waals surface area (Å²) in [4.78, 5) is 11.4. The number of hydrogen-bond donors (Lipinski definition) is 2. The Morgan fingerprint density at radius 1 is 1.38 bits per heavy atom. The fraction of sp³-hybridized carbons (Fsp3) is 0.938. The number of hydrogen-bond acceptors (Lipinski definition) is 5. The third-order valence-electron chi connectivity index (χ3n) is 3.94. The van der Waals surface area contributed by atoms with Gasteiger partial charge in [0.2, 0.25) is 0 Å². The van der Waals surface area contributed by atoms with Crippen LogP contribution in [0.5, 0.6) is 0 Å². The Bertz CT molecular complexity index is 349. The fourth-order valence-electron chi connectivity index (χ4n) is 3.13. The Balaban J connectivity index is 2.89. The minimum atomic E-state index is -0.832. The van der Waals surface area contributed by atoms with Crippen molar-refractivity contribution in [2.45, 2.75) is 70.9 Å². The van der Waals surface area contributed by atoms with Gasteiger partial charge in [-0.3, -0.25) is 10.1 Å². The first-order chi connectivity index (χ1) is 9.63. The van der Waals surface area contributed by atoms with E-state index in [2.05, 4.69) is 33.0 Å². The first kappa shape index (κ1) is 18.8. The van der Waals surface area contributed by atoms with E-state index < -0.39 is 10.5 Å². The minimum Gasteiger partial charge on any atom is -0.465 e. The van der Waals surface area contributed by atoms with E-state index in [-0.39, 0.29) is 12.0 Å². The number of esters is 1. The molecule has 124 valence electrons. The molecule has 2 N–H and O–H groups in total. The smallest absolute Gasteiger partial charge is 0.324 e. The van der Waals surface area contributed by atoms with Crippen molar-refractivity contribution < 1.29 is 14.6 Å². The van der Waals surface area contributed by atoms with Crippen LogP contribution in [0.4, 0.5) is 0 Å². The molecule has 21 heavy (non-hydrogen) atoms. The molecule has 0 amide bonds. The summed E-state index contributed by atoms with van der Waals surface area (Å²) in [6.45, 7) is 12.7. The second-order valence-corrected chi connectivity index (χ2v) is 8.46. The molecule has 0 radical (unpaired) electrons. The molecule has 0 aromatic heterocycles. The molecule has 4 nitrogen and oxygen atoms in total. The van der Waals surface area contributed by atoms with E-state index in [9.17, 15) is 9.90 Å². The molecule has 0 saturated carbocycles. The van der Waals surface area contributed by atoms with Gasteiger partial charge in [-0.2, -0.15) is 0 Å². The molecule has 1 aliphatic rings. The fourth-order valence-corrected chi connectivity index (χ4v) is 4.51. The van der Waals surface area contributed by atoms with Gasteiger partial charge < -0.3 is 9.84 Å². The molecule has 0 aromatic rings. The SMILES string of the molecule is CCOC(=O)[C@@H]1CSC(C)(C(O)(CC(C)C)CC(C)C)N1. The maximum absolute atomic E-state index is 11.9. The zero-order valence-electron chi connectivity index (χ0n) is 14.2. The molecule has 0 bridgehead atoms. The maximum atomic E-state index is 11.9. The van der Waals surface area contributed by atoms with Gasteiger partial charge in [0.25, 0.3) is 0 Å². The summed E-state index contributed by atoms with van der Waals surface area (Å²) in [5.41, 5.74) is -0.832. The van der Waals surface area contributed by atoms with Crippen LogP contribution in [0, 0.1) is 11.8 Å². The molecule has 0 aromatic carbocycles. The lowest BCUT2D eigenvalue weighted by Gasteiger charge is -2.44. The third-order valence-corrected chi connectivity index (χ3v) is 5.51. The predicted molar refractivity (Wildman–Crippen MR) is 88.3 cm³/mol. The normalized spacial score (nSPS) is 26.6. The van der Waals surface area contributed by atoms with Gasteiger partial charge >= 0.3 is 5.97 Å². The lowest BCUT2D eigenvalue weighted by molar-refractivity contribution is -0.145. The largest absolute Gasteiger partial charge is 0.465 e. The van der Waals surface area contributed by atoms with Crippen molar-refractivity contribution in [1.29, 1.82) is 0 Å². The van der Waals surface area contributed by atoms with Crippen LogP contribution in [-0.4, -0.2) is 39.9 Å². The zero-order chi connectivity index (χ0) is 16.3. The molecule has 0 aliphatic carbocycles. The number of nitrogens with one attached hydrogen (secondary N) is 1. The molecule has 0 spiro atoms. The van der Waals surface area contributed by atoms with Crippen molar-refractivity contribution in [1.82, 2.24) is 5.32 Å². The van der Waals surface area contributed by atoms with Crippen molar-refractivity contribution >= 4 is 17.7 Å². The van der Waals surface area contributed by atoms with Crippen molar-refractivity contribution in [2.24, 2.45) is 11.8 Å². The molecule has 1 unspecified atom stereocenters. The van der Waals surface area contributed by atoms with Gasteiger partial charge in [0.05, 0.1) is 17.1 Å². The van der Waals surface area contributed by atoms with Crippen LogP contribution >= 0.6 is 11.8 Å². The summed E-state index contributed by atoms with van der Waals surface area (Å²) in [5.74, 6) is 1.22. The molecular formula is C16H31NO3S. The lowest BCUT2D eigenvalue weighted by Crippen LogP contribution is -2.60. The summed E-state index contributed by atoms with van der Waals surface area (Å²) >= 11 is 1.64. The van der Waals surface area contributed by atoms with Crippen molar-refractivity contribution in [2.75, 3.05) is 12.4 Å². The van der Waals surface area contributed by atoms with Gasteiger partial charge in [-0.25, -0.2) is 0 Å². The first-order valence-electron chi connectivity index (χ1n) is 7.94. The number of thioether (sulfide) groups is 1. The van der Waals surface area contributed by atoms with Crippen LogP contribution in [0.3, 0.4) is 0 Å². The quantitative estimate of drug-likeness (QED) is 0.707. The van der Waals surface area contributed by atoms with Gasteiger partial charge in [-0.05, 0) is 38.5 Å². The summed E-state index contributed by atoms with van der Waals surface area (Å²) in [7, 11) is 0. The molecule has 1 fully saturated rings. The van der Waals surface area contributed by atoms with Crippen LogP contribution in [0.15, 0.2) is 0 Å². The number of aliphatic hydroxyl groups is 1.